The lowest BCUT2D eigenvalue weighted by molar-refractivity contribution is -0.140. The molecule has 9 heteroatoms. The Kier molecular flexibility index (Phi) is 8.47. The van der Waals surface area contributed by atoms with Gasteiger partial charge in [0.15, 0.2) is 0 Å². The third-order valence-electron chi connectivity index (χ3n) is 4.94. The van der Waals surface area contributed by atoms with Crippen LogP contribution in [0.5, 0.6) is 5.75 Å². The van der Waals surface area contributed by atoms with Crippen molar-refractivity contribution in [3.63, 3.8) is 0 Å². The molecule has 2 aromatic rings. The van der Waals surface area contributed by atoms with Gasteiger partial charge in [-0.1, -0.05) is 29.8 Å². The molecule has 32 heavy (non-hydrogen) atoms. The van der Waals surface area contributed by atoms with E-state index in [4.69, 9.17) is 21.1 Å². The number of aryl methyl sites for hydroxylation is 1. The van der Waals surface area contributed by atoms with Gasteiger partial charge in [0.1, 0.15) is 18.5 Å². The summed E-state index contributed by atoms with van der Waals surface area (Å²) in [6, 6.07) is 14.0. The van der Waals surface area contributed by atoms with Crippen LogP contribution in [0, 0.1) is 6.92 Å². The van der Waals surface area contributed by atoms with Gasteiger partial charge in [-0.2, -0.15) is 0 Å². The van der Waals surface area contributed by atoms with Crippen molar-refractivity contribution in [2.24, 2.45) is 0 Å². The minimum Gasteiger partial charge on any atom is -0.491 e. The lowest BCUT2D eigenvalue weighted by Crippen LogP contribution is -2.51. The minimum atomic E-state index is -0.436. The summed E-state index contributed by atoms with van der Waals surface area (Å²) < 4.78 is 11.5. The van der Waals surface area contributed by atoms with Crippen molar-refractivity contribution in [2.75, 3.05) is 39.4 Å². The average molecular weight is 460 g/mol. The lowest BCUT2D eigenvalue weighted by atomic mass is 10.2. The molecule has 8 nitrogen and oxygen atoms in total. The van der Waals surface area contributed by atoms with Crippen molar-refractivity contribution >= 4 is 29.3 Å². The zero-order valence-electron chi connectivity index (χ0n) is 17.8. The van der Waals surface area contributed by atoms with Crippen molar-refractivity contribution in [3.05, 3.63) is 64.7 Å². The third-order valence-corrected chi connectivity index (χ3v) is 5.36. The first kappa shape index (κ1) is 23.6. The number of carbonyl (C=O) groups is 3. The number of nitrogens with zero attached hydrogens (tertiary/aromatic N) is 1. The standard InChI is InChI=1S/C23H26ClN3O5/c1-16-11-18(7-8-20(16)24)32-15-19-14-27(9-10-31-19)22(29)13-25-21(28)12-26-23(30)17-5-3-2-4-6-17/h2-8,11,19H,9-10,12-15H2,1H3,(H,25,28)(H,26,30). The average Bonchev–Trinajstić information content (AvgIpc) is 2.82. The molecule has 2 aromatic carbocycles. The molecule has 1 aliphatic rings. The molecule has 3 amide bonds. The normalized spacial score (nSPS) is 15.7. The Morgan fingerprint density at radius 1 is 1.12 bits per heavy atom. The number of benzene rings is 2. The van der Waals surface area contributed by atoms with E-state index in [-0.39, 0.29) is 31.0 Å². The van der Waals surface area contributed by atoms with E-state index in [2.05, 4.69) is 10.6 Å². The summed E-state index contributed by atoms with van der Waals surface area (Å²) in [5.74, 6) is -0.319. The van der Waals surface area contributed by atoms with Crippen molar-refractivity contribution in [1.29, 1.82) is 0 Å². The maximum Gasteiger partial charge on any atom is 0.251 e. The number of hydrogen-bond acceptors (Lipinski definition) is 5. The molecule has 1 unspecified atom stereocenters. The van der Waals surface area contributed by atoms with E-state index in [1.54, 1.807) is 47.4 Å². The highest BCUT2D eigenvalue weighted by Gasteiger charge is 2.25. The Labute approximate surface area is 191 Å². The van der Waals surface area contributed by atoms with E-state index in [9.17, 15) is 14.4 Å². The van der Waals surface area contributed by atoms with Gasteiger partial charge in [-0.15, -0.1) is 0 Å². The van der Waals surface area contributed by atoms with Crippen molar-refractivity contribution < 1.29 is 23.9 Å². The Balaban J connectivity index is 1.38. The maximum absolute atomic E-state index is 12.5. The summed E-state index contributed by atoms with van der Waals surface area (Å²) in [5, 5.41) is 5.74. The number of nitrogens with one attached hydrogen (secondary N) is 2. The quantitative estimate of drug-likeness (QED) is 0.627. The molecule has 0 radical (unpaired) electrons. The van der Waals surface area contributed by atoms with Crippen LogP contribution in [0.4, 0.5) is 0 Å². The zero-order chi connectivity index (χ0) is 22.9. The zero-order valence-corrected chi connectivity index (χ0v) is 18.6. The molecule has 0 spiro atoms. The second-order valence-corrected chi connectivity index (χ2v) is 7.79. The summed E-state index contributed by atoms with van der Waals surface area (Å²) in [5.41, 5.74) is 1.38. The maximum atomic E-state index is 12.5. The Bertz CT molecular complexity index is 954. The lowest BCUT2D eigenvalue weighted by Gasteiger charge is -2.33. The summed E-state index contributed by atoms with van der Waals surface area (Å²) >= 11 is 6.02. The van der Waals surface area contributed by atoms with Crippen LogP contribution < -0.4 is 15.4 Å². The fourth-order valence-electron chi connectivity index (χ4n) is 3.14. The molecule has 1 aliphatic heterocycles. The highest BCUT2D eigenvalue weighted by atomic mass is 35.5. The van der Waals surface area contributed by atoms with Crippen LogP contribution in [0.1, 0.15) is 15.9 Å². The number of carbonyl (C=O) groups excluding carboxylic acids is 3. The first-order valence-corrected chi connectivity index (χ1v) is 10.7. The highest BCUT2D eigenvalue weighted by molar-refractivity contribution is 6.31. The van der Waals surface area contributed by atoms with Gasteiger partial charge in [0.25, 0.3) is 5.91 Å². The number of amides is 3. The van der Waals surface area contributed by atoms with Crippen LogP contribution in [0.25, 0.3) is 0 Å². The Morgan fingerprint density at radius 3 is 2.66 bits per heavy atom. The molecule has 0 bridgehead atoms. The van der Waals surface area contributed by atoms with E-state index in [1.165, 1.54) is 0 Å². The molecule has 170 valence electrons. The van der Waals surface area contributed by atoms with Gasteiger partial charge in [0, 0.05) is 17.1 Å². The summed E-state index contributed by atoms with van der Waals surface area (Å²) in [4.78, 5) is 38.1. The molecule has 3 rings (SSSR count). The van der Waals surface area contributed by atoms with E-state index >= 15 is 0 Å². The van der Waals surface area contributed by atoms with Crippen molar-refractivity contribution in [2.45, 2.75) is 13.0 Å². The van der Waals surface area contributed by atoms with E-state index < -0.39 is 5.91 Å². The van der Waals surface area contributed by atoms with Gasteiger partial charge < -0.3 is 25.0 Å². The monoisotopic (exact) mass is 459 g/mol. The second kappa shape index (κ2) is 11.5. The third kappa shape index (κ3) is 6.96. The van der Waals surface area contributed by atoms with E-state index in [1.807, 2.05) is 13.0 Å². The van der Waals surface area contributed by atoms with Gasteiger partial charge in [-0.3, -0.25) is 14.4 Å². The fourth-order valence-corrected chi connectivity index (χ4v) is 3.26. The SMILES string of the molecule is Cc1cc(OCC2CN(C(=O)CNC(=O)CNC(=O)c3ccccc3)CCO2)ccc1Cl. The predicted octanol–water partition coefficient (Wildman–Crippen LogP) is 1.80. The van der Waals surface area contributed by atoms with Crippen LogP contribution in [0.2, 0.25) is 5.02 Å². The van der Waals surface area contributed by atoms with Crippen LogP contribution in [-0.2, 0) is 14.3 Å². The van der Waals surface area contributed by atoms with Crippen LogP contribution >= 0.6 is 11.6 Å². The Morgan fingerprint density at radius 2 is 1.91 bits per heavy atom. The Hall–Kier alpha value is -3.10. The highest BCUT2D eigenvalue weighted by Crippen LogP contribution is 2.21. The van der Waals surface area contributed by atoms with Crippen LogP contribution in [0.3, 0.4) is 0 Å². The first-order chi connectivity index (χ1) is 15.4. The van der Waals surface area contributed by atoms with Crippen LogP contribution in [-0.4, -0.2) is 68.1 Å². The topological polar surface area (TPSA) is 97.0 Å². The number of ether oxygens (including phenoxy) is 2. The molecule has 1 atom stereocenters. The van der Waals surface area contributed by atoms with Crippen molar-refractivity contribution in [1.82, 2.24) is 15.5 Å². The molecular weight excluding hydrogens is 434 g/mol. The summed E-state index contributed by atoms with van der Waals surface area (Å²) in [6.45, 7) is 3.03. The molecule has 1 fully saturated rings. The van der Waals surface area contributed by atoms with E-state index in [0.717, 1.165) is 5.56 Å². The van der Waals surface area contributed by atoms with E-state index in [0.29, 0.717) is 42.6 Å². The summed E-state index contributed by atoms with van der Waals surface area (Å²) in [7, 11) is 0. The predicted molar refractivity (Wildman–Crippen MR) is 120 cm³/mol. The molecule has 2 N–H and O–H groups in total. The fraction of sp³-hybridized carbons (Fsp3) is 0.348. The second-order valence-electron chi connectivity index (χ2n) is 7.38. The number of morpholine rings is 1. The van der Waals surface area contributed by atoms with Gasteiger partial charge >= 0.3 is 0 Å². The minimum absolute atomic E-state index is 0.149. The van der Waals surface area contributed by atoms with Crippen molar-refractivity contribution in [3.8, 4) is 5.75 Å². The first-order valence-electron chi connectivity index (χ1n) is 10.3. The van der Waals surface area contributed by atoms with Gasteiger partial charge in [0.05, 0.1) is 26.2 Å². The van der Waals surface area contributed by atoms with Crippen LogP contribution in [0.15, 0.2) is 48.5 Å². The smallest absolute Gasteiger partial charge is 0.251 e. The number of rotatable bonds is 8. The number of halogens is 1. The molecular formula is C23H26ClN3O5. The molecule has 1 saturated heterocycles. The summed E-state index contributed by atoms with van der Waals surface area (Å²) in [6.07, 6.45) is -0.274. The van der Waals surface area contributed by atoms with Gasteiger partial charge in [0.2, 0.25) is 11.8 Å². The molecule has 0 saturated carbocycles. The van der Waals surface area contributed by atoms with Gasteiger partial charge in [-0.25, -0.2) is 0 Å². The van der Waals surface area contributed by atoms with Gasteiger partial charge in [-0.05, 0) is 42.8 Å². The number of hydrogen-bond donors (Lipinski definition) is 2. The molecule has 0 aromatic heterocycles. The molecule has 1 heterocycles. The largest absolute Gasteiger partial charge is 0.491 e. The molecule has 0 aliphatic carbocycles.